The first kappa shape index (κ1) is 17.3. The monoisotopic (exact) mass is 441 g/mol. The number of benzene rings is 2. The van der Waals surface area contributed by atoms with Crippen LogP contribution in [-0.4, -0.2) is 12.8 Å². The van der Waals surface area contributed by atoms with Crippen LogP contribution in [0.25, 0.3) is 0 Å². The van der Waals surface area contributed by atoms with Crippen molar-refractivity contribution in [2.75, 3.05) is 6.61 Å². The summed E-state index contributed by atoms with van der Waals surface area (Å²) in [5.41, 5.74) is 2.64. The van der Waals surface area contributed by atoms with Gasteiger partial charge in [-0.1, -0.05) is 46.3 Å². The van der Waals surface area contributed by atoms with E-state index < -0.39 is 0 Å². The third kappa shape index (κ3) is 4.22. The molecule has 0 aromatic heterocycles. The Morgan fingerprint density at radius 1 is 1.32 bits per heavy atom. The molecule has 5 heteroatoms. The average molecular weight is 444 g/mol. The van der Waals surface area contributed by atoms with Gasteiger partial charge in [0, 0.05) is 21.3 Å². The van der Waals surface area contributed by atoms with Crippen LogP contribution in [0.3, 0.4) is 0 Å². The Kier molecular flexibility index (Phi) is 6.24. The van der Waals surface area contributed by atoms with E-state index in [1.807, 2.05) is 37.3 Å². The van der Waals surface area contributed by atoms with Crippen molar-refractivity contribution in [1.82, 2.24) is 0 Å². The highest BCUT2D eigenvalue weighted by Crippen LogP contribution is 2.33. The van der Waals surface area contributed by atoms with E-state index in [0.717, 1.165) is 31.5 Å². The summed E-state index contributed by atoms with van der Waals surface area (Å²) < 4.78 is 7.51. The highest BCUT2D eigenvalue weighted by atomic mass is 79.9. The van der Waals surface area contributed by atoms with E-state index in [4.69, 9.17) is 16.3 Å². The van der Waals surface area contributed by atoms with E-state index in [9.17, 15) is 0 Å². The van der Waals surface area contributed by atoms with Crippen molar-refractivity contribution in [3.8, 4) is 5.75 Å². The quantitative estimate of drug-likeness (QED) is 0.382. The van der Waals surface area contributed by atoms with Gasteiger partial charge in [0.1, 0.15) is 12.4 Å². The van der Waals surface area contributed by atoms with Gasteiger partial charge in [-0.2, -0.15) is 0 Å². The van der Waals surface area contributed by atoms with Gasteiger partial charge in [-0.25, -0.2) is 0 Å². The number of rotatable bonds is 5. The molecule has 0 bridgehead atoms. The zero-order valence-electron chi connectivity index (χ0n) is 11.9. The Labute approximate surface area is 152 Å². The van der Waals surface area contributed by atoms with Gasteiger partial charge in [-0.05, 0) is 52.7 Å². The van der Waals surface area contributed by atoms with E-state index in [1.165, 1.54) is 0 Å². The number of ether oxygens (including phenoxy) is 1. The zero-order valence-corrected chi connectivity index (χ0v) is 15.9. The van der Waals surface area contributed by atoms with E-state index in [1.54, 1.807) is 12.3 Å². The predicted octanol–water partition coefficient (Wildman–Crippen LogP) is 6.49. The third-order valence-corrected chi connectivity index (χ3v) is 4.42. The zero-order chi connectivity index (χ0) is 16.1. The number of aliphatic imine (C=N–C) groups is 1. The summed E-state index contributed by atoms with van der Waals surface area (Å²) in [4.78, 5) is 4.53. The van der Waals surface area contributed by atoms with Crippen molar-refractivity contribution in [3.05, 3.63) is 68.1 Å². The normalized spacial score (nSPS) is 10.9. The molecule has 0 amide bonds. The molecule has 0 N–H and O–H groups in total. The summed E-state index contributed by atoms with van der Waals surface area (Å²) >= 11 is 13.1. The maximum absolute atomic E-state index is 6.12. The molecule has 0 atom stereocenters. The Bertz CT molecular complexity index is 729. The molecule has 0 spiro atoms. The van der Waals surface area contributed by atoms with Crippen molar-refractivity contribution >= 4 is 55.4 Å². The first-order chi connectivity index (χ1) is 10.5. The lowest BCUT2D eigenvalue weighted by Crippen LogP contribution is -1.98. The summed E-state index contributed by atoms with van der Waals surface area (Å²) in [7, 11) is 0. The van der Waals surface area contributed by atoms with Crippen LogP contribution >= 0.6 is 43.5 Å². The van der Waals surface area contributed by atoms with Gasteiger partial charge in [-0.15, -0.1) is 0 Å². The summed E-state index contributed by atoms with van der Waals surface area (Å²) in [6, 6.07) is 9.54. The lowest BCUT2D eigenvalue weighted by atomic mass is 10.2. The van der Waals surface area contributed by atoms with Crippen LogP contribution < -0.4 is 4.74 Å². The van der Waals surface area contributed by atoms with Gasteiger partial charge in [0.05, 0.1) is 10.2 Å². The second kappa shape index (κ2) is 7.95. The predicted molar refractivity (Wildman–Crippen MR) is 101 cm³/mol. The lowest BCUT2D eigenvalue weighted by Gasteiger charge is -2.10. The van der Waals surface area contributed by atoms with Crippen LogP contribution in [0.2, 0.25) is 5.02 Å². The standard InChI is InChI=1S/C17H14Br2ClNO/c1-3-7-22-17-12(8-13(18)9-14(17)19)10-21-16-6-4-5-15(20)11(16)2/h3-6,8-10H,1,7H2,2H3. The molecule has 2 nitrogen and oxygen atoms in total. The molecule has 22 heavy (non-hydrogen) atoms. The van der Waals surface area contributed by atoms with Gasteiger partial charge in [0.2, 0.25) is 0 Å². The molecule has 0 aliphatic heterocycles. The molecule has 114 valence electrons. The molecule has 0 aliphatic rings. The molecular weight excluding hydrogens is 429 g/mol. The van der Waals surface area contributed by atoms with Gasteiger partial charge in [0.25, 0.3) is 0 Å². The molecule has 2 rings (SSSR count). The van der Waals surface area contributed by atoms with Gasteiger partial charge < -0.3 is 4.74 Å². The van der Waals surface area contributed by atoms with E-state index >= 15 is 0 Å². The van der Waals surface area contributed by atoms with Crippen LogP contribution in [-0.2, 0) is 0 Å². The van der Waals surface area contributed by atoms with E-state index in [0.29, 0.717) is 11.6 Å². The second-order valence-electron chi connectivity index (χ2n) is 4.55. The molecule has 0 radical (unpaired) electrons. The third-order valence-electron chi connectivity index (χ3n) is 2.96. The Hall–Kier alpha value is -1.10. The fourth-order valence-electron chi connectivity index (χ4n) is 1.85. The fraction of sp³-hybridized carbons (Fsp3) is 0.118. The highest BCUT2D eigenvalue weighted by molar-refractivity contribution is 9.11. The smallest absolute Gasteiger partial charge is 0.142 e. The largest absolute Gasteiger partial charge is 0.488 e. The van der Waals surface area contributed by atoms with Crippen LogP contribution in [0.4, 0.5) is 5.69 Å². The van der Waals surface area contributed by atoms with Crippen LogP contribution in [0.15, 0.2) is 56.9 Å². The summed E-state index contributed by atoms with van der Waals surface area (Å²) in [5.74, 6) is 0.728. The first-order valence-corrected chi connectivity index (χ1v) is 8.51. The minimum absolute atomic E-state index is 0.428. The van der Waals surface area contributed by atoms with Gasteiger partial charge in [0.15, 0.2) is 0 Å². The summed E-state index contributed by atoms with van der Waals surface area (Å²) in [6.07, 6.45) is 3.48. The van der Waals surface area contributed by atoms with Crippen molar-refractivity contribution in [2.45, 2.75) is 6.92 Å². The molecule has 0 aliphatic carbocycles. The van der Waals surface area contributed by atoms with Crippen molar-refractivity contribution < 1.29 is 4.74 Å². The summed E-state index contributed by atoms with van der Waals surface area (Å²) in [5, 5.41) is 0.702. The first-order valence-electron chi connectivity index (χ1n) is 6.55. The lowest BCUT2D eigenvalue weighted by molar-refractivity contribution is 0.360. The van der Waals surface area contributed by atoms with Gasteiger partial charge in [-0.3, -0.25) is 4.99 Å². The molecule has 0 unspecified atom stereocenters. The van der Waals surface area contributed by atoms with Crippen molar-refractivity contribution in [1.29, 1.82) is 0 Å². The summed E-state index contributed by atoms with van der Waals surface area (Å²) in [6.45, 7) is 6.04. The van der Waals surface area contributed by atoms with Gasteiger partial charge >= 0.3 is 0 Å². The number of halogens is 3. The van der Waals surface area contributed by atoms with Crippen LogP contribution in [0.5, 0.6) is 5.75 Å². The Morgan fingerprint density at radius 2 is 2.09 bits per heavy atom. The Balaban J connectivity index is 2.41. The minimum Gasteiger partial charge on any atom is -0.488 e. The van der Waals surface area contributed by atoms with Crippen LogP contribution in [0.1, 0.15) is 11.1 Å². The molecule has 2 aromatic rings. The molecule has 0 fully saturated rings. The van der Waals surface area contributed by atoms with E-state index in [2.05, 4.69) is 43.4 Å². The Morgan fingerprint density at radius 3 is 2.82 bits per heavy atom. The number of nitrogens with zero attached hydrogens (tertiary/aromatic N) is 1. The van der Waals surface area contributed by atoms with Crippen LogP contribution in [0, 0.1) is 6.92 Å². The fourth-order valence-corrected chi connectivity index (χ4v) is 3.39. The maximum atomic E-state index is 6.12. The molecule has 2 aromatic carbocycles. The molecule has 0 heterocycles. The molecule has 0 saturated heterocycles. The minimum atomic E-state index is 0.428. The average Bonchev–Trinajstić information content (AvgIpc) is 2.47. The maximum Gasteiger partial charge on any atom is 0.142 e. The van der Waals surface area contributed by atoms with Crippen molar-refractivity contribution in [3.63, 3.8) is 0 Å². The SMILES string of the molecule is C=CCOc1c(Br)cc(Br)cc1C=Nc1cccc(Cl)c1C. The van der Waals surface area contributed by atoms with E-state index in [-0.39, 0.29) is 0 Å². The number of hydrogen-bond donors (Lipinski definition) is 0. The second-order valence-corrected chi connectivity index (χ2v) is 6.73. The molecular formula is C17H14Br2ClNO. The molecule has 0 saturated carbocycles. The number of hydrogen-bond acceptors (Lipinski definition) is 2. The van der Waals surface area contributed by atoms with Crippen molar-refractivity contribution in [2.24, 2.45) is 4.99 Å². The topological polar surface area (TPSA) is 21.6 Å². The highest BCUT2D eigenvalue weighted by Gasteiger charge is 2.09.